The molecule has 0 amide bonds. The second kappa shape index (κ2) is 29.2. The van der Waals surface area contributed by atoms with E-state index < -0.39 is 0 Å². The van der Waals surface area contributed by atoms with Crippen LogP contribution in [-0.2, 0) is 25.7 Å². The van der Waals surface area contributed by atoms with Gasteiger partial charge in [0.15, 0.2) is 0 Å². The van der Waals surface area contributed by atoms with Gasteiger partial charge in [-0.3, -0.25) is 0 Å². The quantitative estimate of drug-likeness (QED) is 0.221. The molecule has 0 bridgehead atoms. The van der Waals surface area contributed by atoms with Gasteiger partial charge in [0, 0.05) is 11.4 Å². The minimum Gasteiger partial charge on any atom is -0.360 e. The number of aryl methyl sites for hydroxylation is 4. The lowest BCUT2D eigenvalue weighted by atomic mass is 9.94. The Balaban J connectivity index is -0.000000513. The van der Waals surface area contributed by atoms with Crippen LogP contribution in [-0.4, -0.2) is 0 Å². The van der Waals surface area contributed by atoms with E-state index >= 15 is 0 Å². The molecule has 1 N–H and O–H groups in total. The van der Waals surface area contributed by atoms with Gasteiger partial charge in [-0.25, -0.2) is 0 Å². The first kappa shape index (κ1) is 43.1. The first-order chi connectivity index (χ1) is 20.0. The fourth-order valence-corrected chi connectivity index (χ4v) is 4.11. The van der Waals surface area contributed by atoms with Crippen molar-refractivity contribution in [3.8, 4) is 0 Å². The van der Waals surface area contributed by atoms with E-state index in [2.05, 4.69) is 115 Å². The topological polar surface area (TPSA) is 12.0 Å². The molecule has 0 aliphatic rings. The Bertz CT molecular complexity index is 1050. The zero-order valence-electron chi connectivity index (χ0n) is 29.4. The number of hydrogen-bond acceptors (Lipinski definition) is 1. The summed E-state index contributed by atoms with van der Waals surface area (Å²) in [5.41, 5.74) is 11.8. The Labute approximate surface area is 263 Å². The van der Waals surface area contributed by atoms with Crippen LogP contribution < -0.4 is 5.32 Å². The third-order valence-electron chi connectivity index (χ3n) is 5.96. The van der Waals surface area contributed by atoms with Crippen LogP contribution in [0.4, 0.5) is 5.69 Å². The van der Waals surface area contributed by atoms with Crippen molar-refractivity contribution in [3.63, 3.8) is 0 Å². The number of allylic oxidation sites excluding steroid dienone is 8. The van der Waals surface area contributed by atoms with Gasteiger partial charge in [0.05, 0.1) is 0 Å². The van der Waals surface area contributed by atoms with E-state index in [0.29, 0.717) is 0 Å². The molecule has 0 spiro atoms. The van der Waals surface area contributed by atoms with Crippen molar-refractivity contribution in [1.82, 2.24) is 0 Å². The van der Waals surface area contributed by atoms with Crippen molar-refractivity contribution < 1.29 is 0 Å². The third-order valence-corrected chi connectivity index (χ3v) is 5.96. The van der Waals surface area contributed by atoms with Gasteiger partial charge < -0.3 is 5.32 Å². The van der Waals surface area contributed by atoms with Crippen LogP contribution in [0.3, 0.4) is 0 Å². The van der Waals surface area contributed by atoms with E-state index in [1.807, 2.05) is 47.6 Å². The SMILES string of the molecule is C=C(C)C(/C=C\C)=C\C.C=C(C)Nc1cc(CC)c(CC)c(CC)c1.C=CC.C=CC.CCCCc1cccc(C)c1. The van der Waals surface area contributed by atoms with Gasteiger partial charge >= 0.3 is 0 Å². The fourth-order valence-electron chi connectivity index (χ4n) is 4.11. The van der Waals surface area contributed by atoms with Crippen molar-refractivity contribution in [2.24, 2.45) is 0 Å². The third kappa shape index (κ3) is 22.4. The summed E-state index contributed by atoms with van der Waals surface area (Å²) < 4.78 is 0. The normalized spacial score (nSPS) is 9.83. The summed E-state index contributed by atoms with van der Waals surface area (Å²) in [7, 11) is 0. The Morgan fingerprint density at radius 1 is 0.810 bits per heavy atom. The molecule has 1 heteroatoms. The molecule has 0 atom stereocenters. The van der Waals surface area contributed by atoms with Crippen LogP contribution in [0.5, 0.6) is 0 Å². The van der Waals surface area contributed by atoms with Crippen LogP contribution in [0.2, 0.25) is 0 Å². The van der Waals surface area contributed by atoms with Crippen molar-refractivity contribution >= 4 is 5.69 Å². The largest absolute Gasteiger partial charge is 0.360 e. The van der Waals surface area contributed by atoms with Crippen molar-refractivity contribution in [3.05, 3.63) is 138 Å². The summed E-state index contributed by atoms with van der Waals surface area (Å²) in [4.78, 5) is 0. The maximum absolute atomic E-state index is 3.89. The number of nitrogens with one attached hydrogen (secondary N) is 1. The first-order valence-corrected chi connectivity index (χ1v) is 15.7. The van der Waals surface area contributed by atoms with Gasteiger partial charge in [-0.15, -0.1) is 13.2 Å². The van der Waals surface area contributed by atoms with Gasteiger partial charge in [0.1, 0.15) is 0 Å². The Kier molecular flexibility index (Phi) is 30.0. The van der Waals surface area contributed by atoms with E-state index in [1.165, 1.54) is 58.3 Å². The van der Waals surface area contributed by atoms with E-state index in [1.54, 1.807) is 12.2 Å². The minimum absolute atomic E-state index is 0.994. The van der Waals surface area contributed by atoms with Crippen LogP contribution in [0.1, 0.15) is 110 Å². The highest BCUT2D eigenvalue weighted by Gasteiger charge is 2.07. The molecule has 0 radical (unpaired) electrons. The second-order valence-electron chi connectivity index (χ2n) is 10.2. The van der Waals surface area contributed by atoms with Crippen LogP contribution in [0, 0.1) is 6.92 Å². The molecule has 0 saturated carbocycles. The Hall–Kier alpha value is -3.32. The number of rotatable bonds is 10. The van der Waals surface area contributed by atoms with E-state index in [4.69, 9.17) is 0 Å². The molecule has 0 aliphatic carbocycles. The van der Waals surface area contributed by atoms with Gasteiger partial charge in [-0.05, 0) is 121 Å². The molecule has 0 aromatic heterocycles. The monoisotopic (exact) mass is 572 g/mol. The standard InChI is InChI=1S/C15H23N.C11H16.C9H14.2C3H6/c1-6-12-9-14(16-11(4)5)10-13(7-2)15(12)8-3;1-3-4-7-11-8-5-6-10(2)9-11;1-5-7-9(6-2)8(3)4;2*1-3-2/h9-10,16H,4,6-8H2,1-3,5H3;5-6,8-9H,3-4,7H2,1-2H3;5-7H,3H2,1-2,4H3;2*3H,1H2,2H3/b;;7-5-,9-6-;;. The molecule has 2 aromatic carbocycles. The van der Waals surface area contributed by atoms with E-state index in [0.717, 1.165) is 30.5 Å². The molecule has 0 fully saturated rings. The highest BCUT2D eigenvalue weighted by atomic mass is 14.9. The molecule has 42 heavy (non-hydrogen) atoms. The summed E-state index contributed by atoms with van der Waals surface area (Å²) in [5.74, 6) is 0. The molecule has 2 aromatic rings. The number of hydrogen-bond donors (Lipinski definition) is 1. The predicted octanol–water partition coefficient (Wildman–Crippen LogP) is 13.1. The van der Waals surface area contributed by atoms with Crippen molar-refractivity contribution in [2.45, 2.75) is 115 Å². The summed E-state index contributed by atoms with van der Waals surface area (Å²) >= 11 is 0. The zero-order valence-corrected chi connectivity index (χ0v) is 29.4. The fraction of sp³-hybridized carbons (Fsp3) is 0.415. The molecule has 234 valence electrons. The number of benzene rings is 2. The van der Waals surface area contributed by atoms with Gasteiger partial charge in [-0.2, -0.15) is 0 Å². The zero-order chi connectivity index (χ0) is 32.9. The summed E-state index contributed by atoms with van der Waals surface area (Å²) in [5, 5.41) is 3.31. The van der Waals surface area contributed by atoms with E-state index in [-0.39, 0.29) is 0 Å². The molecular formula is C41H65N. The van der Waals surface area contributed by atoms with Crippen LogP contribution in [0.25, 0.3) is 0 Å². The molecule has 0 unspecified atom stereocenters. The smallest absolute Gasteiger partial charge is 0.0387 e. The van der Waals surface area contributed by atoms with Crippen LogP contribution >= 0.6 is 0 Å². The second-order valence-corrected chi connectivity index (χ2v) is 10.2. The molecule has 0 heterocycles. The average Bonchev–Trinajstić information content (AvgIpc) is 2.95. The molecule has 2 rings (SSSR count). The number of unbranched alkanes of at least 4 members (excludes halogenated alkanes) is 1. The highest BCUT2D eigenvalue weighted by molar-refractivity contribution is 5.55. The number of anilines is 1. The predicted molar refractivity (Wildman–Crippen MR) is 198 cm³/mol. The van der Waals surface area contributed by atoms with Crippen molar-refractivity contribution in [2.75, 3.05) is 5.32 Å². The molecular weight excluding hydrogens is 506 g/mol. The lowest BCUT2D eigenvalue weighted by molar-refractivity contribution is 0.794. The maximum atomic E-state index is 3.89. The highest BCUT2D eigenvalue weighted by Crippen LogP contribution is 2.23. The van der Waals surface area contributed by atoms with Crippen molar-refractivity contribution in [1.29, 1.82) is 0 Å². The Morgan fingerprint density at radius 2 is 1.33 bits per heavy atom. The average molecular weight is 572 g/mol. The van der Waals surface area contributed by atoms with E-state index in [9.17, 15) is 0 Å². The maximum Gasteiger partial charge on any atom is 0.0387 e. The van der Waals surface area contributed by atoms with Gasteiger partial charge in [-0.1, -0.05) is 113 Å². The first-order valence-electron chi connectivity index (χ1n) is 15.7. The lowest BCUT2D eigenvalue weighted by Gasteiger charge is -2.15. The molecule has 1 nitrogen and oxygen atoms in total. The summed E-state index contributed by atoms with van der Waals surface area (Å²) in [6.45, 7) is 37.3. The summed E-state index contributed by atoms with van der Waals surface area (Å²) in [6.07, 6.45) is 16.8. The van der Waals surface area contributed by atoms with Gasteiger partial charge in [0.25, 0.3) is 0 Å². The minimum atomic E-state index is 0.994. The Morgan fingerprint density at radius 3 is 1.64 bits per heavy atom. The summed E-state index contributed by atoms with van der Waals surface area (Å²) in [6, 6.07) is 13.3. The molecule has 0 aliphatic heterocycles. The molecule has 0 saturated heterocycles. The van der Waals surface area contributed by atoms with Crippen LogP contribution in [0.15, 0.2) is 110 Å². The van der Waals surface area contributed by atoms with Gasteiger partial charge in [0.2, 0.25) is 0 Å². The lowest BCUT2D eigenvalue weighted by Crippen LogP contribution is -2.02.